The van der Waals surface area contributed by atoms with Gasteiger partial charge in [-0.15, -0.1) is 6.58 Å². The van der Waals surface area contributed by atoms with Crippen molar-refractivity contribution in [3.63, 3.8) is 0 Å². The largest absolute Gasteiger partial charge is 0.363 e. The maximum atomic E-state index is 6.07. The zero-order valence-electron chi connectivity index (χ0n) is 11.7. The molecule has 0 saturated heterocycles. The van der Waals surface area contributed by atoms with Gasteiger partial charge in [0.05, 0.1) is 0 Å². The van der Waals surface area contributed by atoms with Crippen molar-refractivity contribution in [1.82, 2.24) is 0 Å². The Morgan fingerprint density at radius 3 is 2.50 bits per heavy atom. The first-order chi connectivity index (χ1) is 8.27. The minimum Gasteiger partial charge on any atom is -0.363 e. The van der Waals surface area contributed by atoms with Gasteiger partial charge in [-0.1, -0.05) is 28.1 Å². The molecule has 3 heteroatoms. The number of hydrogen-bond acceptors (Lipinski definition) is 2. The molecule has 0 heterocycles. The Morgan fingerprint density at radius 1 is 1.44 bits per heavy atom. The van der Waals surface area contributed by atoms with Crippen molar-refractivity contribution in [1.29, 1.82) is 0 Å². The second kappa shape index (κ2) is 5.89. The third kappa shape index (κ3) is 3.59. The van der Waals surface area contributed by atoms with Crippen LogP contribution in [0.2, 0.25) is 0 Å². The van der Waals surface area contributed by atoms with E-state index in [2.05, 4.69) is 60.3 Å². The molecular formula is C15H23BrN2. The topological polar surface area (TPSA) is 29.3 Å². The summed E-state index contributed by atoms with van der Waals surface area (Å²) in [5, 5.41) is 0. The van der Waals surface area contributed by atoms with Crippen LogP contribution in [0, 0.1) is 0 Å². The maximum Gasteiger partial charge on any atom is 0.0433 e. The molecule has 1 aromatic carbocycles. The number of halogens is 1. The lowest BCUT2D eigenvalue weighted by atomic mass is 10.00. The van der Waals surface area contributed by atoms with Gasteiger partial charge in [0.2, 0.25) is 0 Å². The molecule has 0 bridgehead atoms. The highest BCUT2D eigenvalue weighted by atomic mass is 79.9. The Bertz CT molecular complexity index is 419. The molecular weight excluding hydrogens is 288 g/mol. The first-order valence-electron chi connectivity index (χ1n) is 6.21. The molecule has 1 unspecified atom stereocenters. The van der Waals surface area contributed by atoms with E-state index >= 15 is 0 Å². The molecule has 1 atom stereocenters. The molecule has 0 aliphatic carbocycles. The van der Waals surface area contributed by atoms with Crippen molar-refractivity contribution in [2.24, 2.45) is 5.73 Å². The highest BCUT2D eigenvalue weighted by molar-refractivity contribution is 9.10. The van der Waals surface area contributed by atoms with Gasteiger partial charge in [-0.05, 0) is 45.4 Å². The van der Waals surface area contributed by atoms with E-state index in [1.165, 1.54) is 5.69 Å². The van der Waals surface area contributed by atoms with Crippen molar-refractivity contribution >= 4 is 21.6 Å². The minimum absolute atomic E-state index is 0.0164. The van der Waals surface area contributed by atoms with Gasteiger partial charge < -0.3 is 10.6 Å². The predicted octanol–water partition coefficient (Wildman–Crippen LogP) is 4.26. The van der Waals surface area contributed by atoms with Crippen LogP contribution in [0.5, 0.6) is 0 Å². The molecule has 100 valence electrons. The lowest BCUT2D eigenvalue weighted by Crippen LogP contribution is -2.42. The van der Waals surface area contributed by atoms with Crippen molar-refractivity contribution in [2.45, 2.75) is 39.3 Å². The molecule has 2 N–H and O–H groups in total. The first kappa shape index (κ1) is 15.3. The summed E-state index contributed by atoms with van der Waals surface area (Å²) in [5.74, 6) is 0. The van der Waals surface area contributed by atoms with Crippen molar-refractivity contribution in [2.75, 3.05) is 11.4 Å². The molecule has 0 amide bonds. The van der Waals surface area contributed by atoms with Gasteiger partial charge in [0.25, 0.3) is 0 Å². The van der Waals surface area contributed by atoms with E-state index in [0.29, 0.717) is 0 Å². The van der Waals surface area contributed by atoms with Crippen LogP contribution < -0.4 is 10.6 Å². The lowest BCUT2D eigenvalue weighted by molar-refractivity contribution is 0.519. The van der Waals surface area contributed by atoms with Gasteiger partial charge in [0, 0.05) is 28.3 Å². The summed E-state index contributed by atoms with van der Waals surface area (Å²) < 4.78 is 1.07. The average molecular weight is 311 g/mol. The van der Waals surface area contributed by atoms with Crippen molar-refractivity contribution in [3.05, 3.63) is 40.9 Å². The quantitative estimate of drug-likeness (QED) is 0.842. The van der Waals surface area contributed by atoms with Crippen LogP contribution in [-0.4, -0.2) is 12.1 Å². The van der Waals surface area contributed by atoms with Gasteiger partial charge in [0.1, 0.15) is 0 Å². The molecule has 0 aromatic heterocycles. The van der Waals surface area contributed by atoms with E-state index in [0.717, 1.165) is 16.6 Å². The summed E-state index contributed by atoms with van der Waals surface area (Å²) in [4.78, 5) is 2.32. The van der Waals surface area contributed by atoms with E-state index < -0.39 is 0 Å². The van der Waals surface area contributed by atoms with E-state index in [4.69, 9.17) is 5.73 Å². The van der Waals surface area contributed by atoms with Gasteiger partial charge in [-0.25, -0.2) is 0 Å². The number of anilines is 1. The molecule has 1 rings (SSSR count). The monoisotopic (exact) mass is 310 g/mol. The van der Waals surface area contributed by atoms with Crippen molar-refractivity contribution < 1.29 is 0 Å². The summed E-state index contributed by atoms with van der Waals surface area (Å²) in [6.45, 7) is 13.3. The van der Waals surface area contributed by atoms with Gasteiger partial charge in [-0.3, -0.25) is 0 Å². The Morgan fingerprint density at radius 2 is 2.06 bits per heavy atom. The second-order valence-electron chi connectivity index (χ2n) is 5.56. The van der Waals surface area contributed by atoms with Gasteiger partial charge in [-0.2, -0.15) is 0 Å². The summed E-state index contributed by atoms with van der Waals surface area (Å²) in [7, 11) is 0. The molecule has 0 saturated carbocycles. The van der Waals surface area contributed by atoms with Crippen LogP contribution in [0.25, 0.3) is 0 Å². The zero-order chi connectivity index (χ0) is 13.9. The Labute approximate surface area is 119 Å². The van der Waals surface area contributed by atoms with E-state index in [1.54, 1.807) is 0 Å². The van der Waals surface area contributed by atoms with Crippen LogP contribution in [0.4, 0.5) is 5.69 Å². The summed E-state index contributed by atoms with van der Waals surface area (Å²) in [6.07, 6.45) is 1.93. The molecule has 0 spiro atoms. The molecule has 2 nitrogen and oxygen atoms in total. The normalized spacial score (nSPS) is 13.2. The number of nitrogens with two attached hydrogens (primary N) is 1. The third-order valence-corrected chi connectivity index (χ3v) is 3.39. The predicted molar refractivity (Wildman–Crippen MR) is 84.0 cm³/mol. The van der Waals surface area contributed by atoms with Crippen LogP contribution in [-0.2, 0) is 0 Å². The van der Waals surface area contributed by atoms with Crippen LogP contribution in [0.3, 0.4) is 0 Å². The van der Waals surface area contributed by atoms with Crippen LogP contribution in [0.15, 0.2) is 35.3 Å². The van der Waals surface area contributed by atoms with Crippen LogP contribution >= 0.6 is 15.9 Å². The molecule has 18 heavy (non-hydrogen) atoms. The molecule has 0 aliphatic heterocycles. The Hall–Kier alpha value is -0.800. The molecule has 0 fully saturated rings. The average Bonchev–Trinajstić information content (AvgIpc) is 2.23. The Kier molecular flexibility index (Phi) is 5.00. The van der Waals surface area contributed by atoms with E-state index in [9.17, 15) is 0 Å². The molecule has 0 aliphatic rings. The zero-order valence-corrected chi connectivity index (χ0v) is 13.3. The first-order valence-corrected chi connectivity index (χ1v) is 7.00. The van der Waals surface area contributed by atoms with Crippen molar-refractivity contribution in [3.8, 4) is 0 Å². The number of nitrogens with zero attached hydrogens (tertiary/aromatic N) is 1. The minimum atomic E-state index is 0.0164. The Balaban J connectivity index is 3.34. The number of benzene rings is 1. The summed E-state index contributed by atoms with van der Waals surface area (Å²) in [5.41, 5.74) is 8.44. The van der Waals surface area contributed by atoms with Gasteiger partial charge in [0.15, 0.2) is 0 Å². The SMILES string of the molecule is C=CCN(c1cc(Br)ccc1C(C)N)C(C)(C)C. The number of rotatable bonds is 4. The summed E-state index contributed by atoms with van der Waals surface area (Å²) >= 11 is 3.54. The van der Waals surface area contributed by atoms with E-state index in [1.807, 2.05) is 19.1 Å². The van der Waals surface area contributed by atoms with E-state index in [-0.39, 0.29) is 11.6 Å². The van der Waals surface area contributed by atoms with Crippen LogP contribution in [0.1, 0.15) is 39.3 Å². The maximum absolute atomic E-state index is 6.07. The smallest absolute Gasteiger partial charge is 0.0433 e. The fourth-order valence-corrected chi connectivity index (χ4v) is 2.35. The molecule has 0 radical (unpaired) electrons. The standard InChI is InChI=1S/C15H23BrN2/c1-6-9-18(15(3,4)5)14-10-12(16)7-8-13(14)11(2)17/h6-8,10-11H,1,9,17H2,2-5H3. The second-order valence-corrected chi connectivity index (χ2v) is 6.48. The van der Waals surface area contributed by atoms with Gasteiger partial charge >= 0.3 is 0 Å². The summed E-state index contributed by atoms with van der Waals surface area (Å²) in [6, 6.07) is 6.28. The highest BCUT2D eigenvalue weighted by Crippen LogP contribution is 2.32. The fourth-order valence-electron chi connectivity index (χ4n) is 2.00. The highest BCUT2D eigenvalue weighted by Gasteiger charge is 2.23. The fraction of sp³-hybridized carbons (Fsp3) is 0.467. The third-order valence-electron chi connectivity index (χ3n) is 2.90. The number of hydrogen-bond donors (Lipinski definition) is 1. The lowest BCUT2D eigenvalue weighted by Gasteiger charge is -2.39. The molecule has 1 aromatic rings.